The van der Waals surface area contributed by atoms with Crippen molar-refractivity contribution in [3.05, 3.63) is 42.1 Å². The topological polar surface area (TPSA) is 70.0 Å². The molecular formula is C22H33N3O3S. The van der Waals surface area contributed by atoms with Crippen LogP contribution in [0.3, 0.4) is 0 Å². The predicted octanol–water partition coefficient (Wildman–Crippen LogP) is 2.94. The van der Waals surface area contributed by atoms with E-state index >= 15 is 0 Å². The van der Waals surface area contributed by atoms with Gasteiger partial charge in [0.1, 0.15) is 0 Å². The van der Waals surface area contributed by atoms with Gasteiger partial charge in [0.2, 0.25) is 0 Å². The summed E-state index contributed by atoms with van der Waals surface area (Å²) in [5.74, 6) is -0.0219. The van der Waals surface area contributed by atoms with Crippen molar-refractivity contribution in [3.8, 4) is 0 Å². The molecule has 1 heterocycles. The molecule has 0 saturated carbocycles. The summed E-state index contributed by atoms with van der Waals surface area (Å²) in [6.07, 6.45) is 10.2. The quantitative estimate of drug-likeness (QED) is 0.517. The van der Waals surface area contributed by atoms with Gasteiger partial charge in [-0.1, -0.05) is 19.1 Å². The first-order chi connectivity index (χ1) is 13.8. The van der Waals surface area contributed by atoms with Gasteiger partial charge in [-0.05, 0) is 69.5 Å². The highest BCUT2D eigenvalue weighted by Crippen LogP contribution is 2.15. The van der Waals surface area contributed by atoms with Crippen molar-refractivity contribution in [2.75, 3.05) is 32.4 Å². The van der Waals surface area contributed by atoms with Gasteiger partial charge < -0.3 is 9.80 Å². The number of amides is 1. The summed E-state index contributed by atoms with van der Waals surface area (Å²) in [4.78, 5) is 20.5. The number of carbonyl (C=O) groups is 1. The van der Waals surface area contributed by atoms with E-state index in [-0.39, 0.29) is 5.91 Å². The third-order valence-electron chi connectivity index (χ3n) is 5.15. The van der Waals surface area contributed by atoms with Crippen LogP contribution in [0, 0.1) is 0 Å². The van der Waals surface area contributed by atoms with Crippen molar-refractivity contribution in [2.24, 2.45) is 4.99 Å². The molecule has 0 unspecified atom stereocenters. The van der Waals surface area contributed by atoms with Gasteiger partial charge in [-0.3, -0.25) is 9.79 Å². The Labute approximate surface area is 175 Å². The Balaban J connectivity index is 1.83. The highest BCUT2D eigenvalue weighted by Gasteiger charge is 2.15. The molecule has 0 bridgehead atoms. The maximum atomic E-state index is 11.9. The van der Waals surface area contributed by atoms with Crippen LogP contribution in [-0.2, 0) is 21.1 Å². The Morgan fingerprint density at radius 3 is 2.55 bits per heavy atom. The third-order valence-corrected chi connectivity index (χ3v) is 6.28. The van der Waals surface area contributed by atoms with Crippen LogP contribution in [0.2, 0.25) is 0 Å². The molecule has 0 aliphatic carbocycles. The largest absolute Gasteiger partial charge is 0.334 e. The summed E-state index contributed by atoms with van der Waals surface area (Å²) in [7, 11) is -3.15. The molecule has 0 radical (unpaired) electrons. The lowest BCUT2D eigenvalue weighted by Gasteiger charge is -2.29. The van der Waals surface area contributed by atoms with E-state index in [1.54, 1.807) is 18.3 Å². The molecule has 1 atom stereocenters. The molecule has 0 saturated heterocycles. The monoisotopic (exact) mass is 419 g/mol. The van der Waals surface area contributed by atoms with Crippen LogP contribution >= 0.6 is 0 Å². The number of aliphatic imine (C=N–C) groups is 1. The van der Waals surface area contributed by atoms with Gasteiger partial charge in [-0.15, -0.1) is 0 Å². The number of sulfone groups is 1. The Kier molecular flexibility index (Phi) is 9.04. The van der Waals surface area contributed by atoms with Crippen molar-refractivity contribution < 1.29 is 13.2 Å². The van der Waals surface area contributed by atoms with Crippen LogP contribution in [0.15, 0.2) is 46.4 Å². The molecule has 1 aromatic carbocycles. The van der Waals surface area contributed by atoms with Crippen LogP contribution in [0.25, 0.3) is 0 Å². The highest BCUT2D eigenvalue weighted by atomic mass is 32.2. The fourth-order valence-corrected chi connectivity index (χ4v) is 4.15. The van der Waals surface area contributed by atoms with Crippen molar-refractivity contribution in [1.82, 2.24) is 9.80 Å². The van der Waals surface area contributed by atoms with Crippen molar-refractivity contribution in [1.29, 1.82) is 0 Å². The highest BCUT2D eigenvalue weighted by molar-refractivity contribution is 7.90. The van der Waals surface area contributed by atoms with E-state index in [2.05, 4.69) is 23.7 Å². The van der Waals surface area contributed by atoms with E-state index in [1.807, 2.05) is 23.1 Å². The lowest BCUT2D eigenvalue weighted by atomic mass is 10.1. The van der Waals surface area contributed by atoms with Gasteiger partial charge in [0.05, 0.1) is 11.1 Å². The summed E-state index contributed by atoms with van der Waals surface area (Å²) >= 11 is 0. The summed E-state index contributed by atoms with van der Waals surface area (Å²) in [6, 6.07) is 7.58. The van der Waals surface area contributed by atoms with Gasteiger partial charge in [0, 0.05) is 31.6 Å². The number of hydrogen-bond donors (Lipinski definition) is 0. The van der Waals surface area contributed by atoms with Gasteiger partial charge in [-0.2, -0.15) is 0 Å². The van der Waals surface area contributed by atoms with E-state index < -0.39 is 9.84 Å². The molecule has 0 fully saturated rings. The number of benzene rings is 1. The van der Waals surface area contributed by atoms with Gasteiger partial charge in [0.25, 0.3) is 5.91 Å². The molecule has 1 amide bonds. The number of unbranched alkanes of at least 4 members (excludes halogenated alkanes) is 1. The molecule has 2 rings (SSSR count). The lowest BCUT2D eigenvalue weighted by molar-refractivity contribution is -0.123. The van der Waals surface area contributed by atoms with E-state index in [0.717, 1.165) is 50.9 Å². The Morgan fingerprint density at radius 1 is 1.17 bits per heavy atom. The standard InChI is InChI=1S/C22H33N3O3S/c1-4-13-24(14-5-6-15-25-16-7-12-23-18-22(25)26)19(2)17-20-8-10-21(11-9-20)29(3,27)28/h7-12,18-19H,4-6,13-17H2,1-3H3/t19-/m0/s1. The number of nitrogens with zero attached hydrogens (tertiary/aromatic N) is 3. The first kappa shape index (κ1) is 23.3. The average molecular weight is 420 g/mol. The van der Waals surface area contributed by atoms with E-state index in [0.29, 0.717) is 17.5 Å². The van der Waals surface area contributed by atoms with Crippen LogP contribution in [-0.4, -0.2) is 68.8 Å². The second kappa shape index (κ2) is 11.3. The zero-order valence-electron chi connectivity index (χ0n) is 17.8. The molecule has 7 heteroatoms. The van der Waals surface area contributed by atoms with Gasteiger partial charge >= 0.3 is 0 Å². The number of rotatable bonds is 11. The first-order valence-corrected chi connectivity index (χ1v) is 12.2. The predicted molar refractivity (Wildman–Crippen MR) is 118 cm³/mol. The smallest absolute Gasteiger partial charge is 0.265 e. The summed E-state index contributed by atoms with van der Waals surface area (Å²) in [5.41, 5.74) is 1.15. The van der Waals surface area contributed by atoms with E-state index in [4.69, 9.17) is 0 Å². The minimum absolute atomic E-state index is 0.0219. The van der Waals surface area contributed by atoms with Crippen LogP contribution in [0.1, 0.15) is 38.7 Å². The van der Waals surface area contributed by atoms with Gasteiger partial charge in [0.15, 0.2) is 9.84 Å². The molecule has 6 nitrogen and oxygen atoms in total. The van der Waals surface area contributed by atoms with Crippen LogP contribution in [0.5, 0.6) is 0 Å². The molecule has 1 aliphatic heterocycles. The fourth-order valence-electron chi connectivity index (χ4n) is 3.52. The second-order valence-corrected chi connectivity index (χ2v) is 9.68. The first-order valence-electron chi connectivity index (χ1n) is 10.3. The molecule has 0 N–H and O–H groups in total. The Hall–Kier alpha value is -1.99. The zero-order valence-corrected chi connectivity index (χ0v) is 18.6. The number of carbonyl (C=O) groups excluding carboxylic acids is 1. The summed E-state index contributed by atoms with van der Waals surface area (Å²) in [6.45, 7) is 7.79. The molecule has 29 heavy (non-hydrogen) atoms. The minimum Gasteiger partial charge on any atom is -0.334 e. The summed E-state index contributed by atoms with van der Waals surface area (Å²) in [5, 5.41) is 0. The average Bonchev–Trinajstić information content (AvgIpc) is 2.88. The van der Waals surface area contributed by atoms with Crippen molar-refractivity contribution in [3.63, 3.8) is 0 Å². The molecule has 0 aromatic heterocycles. The zero-order chi connectivity index (χ0) is 21.3. The molecule has 1 aliphatic rings. The van der Waals surface area contributed by atoms with E-state index in [9.17, 15) is 13.2 Å². The molecule has 1 aromatic rings. The van der Waals surface area contributed by atoms with Gasteiger partial charge in [-0.25, -0.2) is 8.42 Å². The minimum atomic E-state index is -3.15. The normalized spacial score (nSPS) is 15.7. The second-order valence-electron chi connectivity index (χ2n) is 7.66. The lowest BCUT2D eigenvalue weighted by Crippen LogP contribution is -2.37. The van der Waals surface area contributed by atoms with Crippen LogP contribution in [0.4, 0.5) is 0 Å². The Morgan fingerprint density at radius 2 is 1.90 bits per heavy atom. The Bertz CT molecular complexity index is 816. The summed E-state index contributed by atoms with van der Waals surface area (Å²) < 4.78 is 23.2. The third kappa shape index (κ3) is 7.74. The fraction of sp³-hybridized carbons (Fsp3) is 0.545. The maximum absolute atomic E-state index is 11.9. The number of hydrogen-bond acceptors (Lipinski definition) is 5. The van der Waals surface area contributed by atoms with Crippen LogP contribution < -0.4 is 0 Å². The van der Waals surface area contributed by atoms with E-state index in [1.165, 1.54) is 12.5 Å². The maximum Gasteiger partial charge on any atom is 0.265 e. The molecular weight excluding hydrogens is 386 g/mol. The molecule has 0 spiro atoms. The molecule has 160 valence electrons. The van der Waals surface area contributed by atoms with Crippen molar-refractivity contribution in [2.45, 2.75) is 50.5 Å². The van der Waals surface area contributed by atoms with Crippen molar-refractivity contribution >= 4 is 22.0 Å². The SMILES string of the molecule is CCCN(CCCCN1CC=CN=CC1=O)[C@@H](C)Cc1ccc(S(C)(=O)=O)cc1.